The number of thiophene rings is 1. The molecule has 0 amide bonds. The van der Waals surface area contributed by atoms with Gasteiger partial charge in [0, 0.05) is 22.2 Å². The van der Waals surface area contributed by atoms with E-state index in [1.807, 2.05) is 19.3 Å². The van der Waals surface area contributed by atoms with Crippen molar-refractivity contribution >= 4 is 22.9 Å². The molecule has 4 rings (SSSR count). The highest BCUT2D eigenvalue weighted by Crippen LogP contribution is 2.32. The van der Waals surface area contributed by atoms with E-state index in [0.717, 1.165) is 22.7 Å². The van der Waals surface area contributed by atoms with Crippen molar-refractivity contribution in [1.29, 1.82) is 0 Å². The quantitative estimate of drug-likeness (QED) is 0.752. The lowest BCUT2D eigenvalue weighted by Gasteiger charge is -2.23. The molecule has 0 saturated carbocycles. The van der Waals surface area contributed by atoms with Crippen molar-refractivity contribution in [2.75, 3.05) is 12.4 Å². The summed E-state index contributed by atoms with van der Waals surface area (Å²) in [6.45, 7) is 2.10. The van der Waals surface area contributed by atoms with Crippen LogP contribution in [-0.2, 0) is 0 Å². The number of pyridine rings is 1. The maximum atomic E-state index is 5.17. The van der Waals surface area contributed by atoms with Gasteiger partial charge in [0.05, 0.1) is 5.71 Å². The molecule has 0 radical (unpaired) electrons. The maximum Gasteiger partial charge on any atom is 0.136 e. The molecule has 25 heavy (non-hydrogen) atoms. The van der Waals surface area contributed by atoms with Crippen LogP contribution >= 0.6 is 11.3 Å². The summed E-state index contributed by atoms with van der Waals surface area (Å²) >= 11 is 1.73. The molecule has 2 atom stereocenters. The van der Waals surface area contributed by atoms with E-state index in [2.05, 4.69) is 70.4 Å². The Bertz CT molecular complexity index is 884. The fourth-order valence-corrected chi connectivity index (χ4v) is 3.88. The molecule has 1 aromatic carbocycles. The number of aromatic nitrogens is 1. The number of aliphatic imine (C=N–C) groups is 1. The number of rotatable bonds is 3. The molecule has 0 bridgehead atoms. The van der Waals surface area contributed by atoms with E-state index in [9.17, 15) is 0 Å². The average Bonchev–Trinajstić information content (AvgIpc) is 3.11. The lowest BCUT2D eigenvalue weighted by atomic mass is 10.0. The highest BCUT2D eigenvalue weighted by atomic mass is 32.1. The number of hydrogen-bond acceptors (Lipinski definition) is 5. The van der Waals surface area contributed by atoms with E-state index in [1.54, 1.807) is 11.3 Å². The zero-order valence-corrected chi connectivity index (χ0v) is 15.0. The Labute approximate surface area is 151 Å². The van der Waals surface area contributed by atoms with Crippen molar-refractivity contribution in [3.05, 3.63) is 81.7 Å². The van der Waals surface area contributed by atoms with Gasteiger partial charge in [-0.05, 0) is 37.6 Å². The van der Waals surface area contributed by atoms with E-state index >= 15 is 0 Å². The van der Waals surface area contributed by atoms with Crippen LogP contribution in [0, 0.1) is 6.92 Å². The fourth-order valence-electron chi connectivity index (χ4n) is 3.08. The number of aryl methyl sites for hydroxylation is 1. The molecule has 1 aliphatic rings. The second-order valence-electron chi connectivity index (χ2n) is 6.11. The van der Waals surface area contributed by atoms with Crippen molar-refractivity contribution in [2.45, 2.75) is 19.1 Å². The van der Waals surface area contributed by atoms with Gasteiger partial charge in [-0.3, -0.25) is 10.3 Å². The lowest BCUT2D eigenvalue weighted by molar-refractivity contribution is 0.529. The van der Waals surface area contributed by atoms with Gasteiger partial charge in [0.15, 0.2) is 0 Å². The van der Waals surface area contributed by atoms with Crippen LogP contribution in [0.25, 0.3) is 0 Å². The van der Waals surface area contributed by atoms with Crippen LogP contribution in [0.4, 0.5) is 5.82 Å². The van der Waals surface area contributed by atoms with Crippen molar-refractivity contribution in [2.24, 2.45) is 4.99 Å². The van der Waals surface area contributed by atoms with Gasteiger partial charge in [0.25, 0.3) is 0 Å². The van der Waals surface area contributed by atoms with E-state index in [-0.39, 0.29) is 12.2 Å². The van der Waals surface area contributed by atoms with Crippen molar-refractivity contribution in [3.63, 3.8) is 0 Å². The number of hydrogen-bond donors (Lipinski definition) is 2. The molecular formula is C20H20N4S. The van der Waals surface area contributed by atoms with Gasteiger partial charge in [0.2, 0.25) is 0 Å². The molecule has 0 fully saturated rings. The first-order valence-electron chi connectivity index (χ1n) is 8.33. The number of anilines is 1. The summed E-state index contributed by atoms with van der Waals surface area (Å²) in [5.41, 5.74) is 4.36. The molecule has 4 nitrogen and oxygen atoms in total. The molecule has 1 aliphatic heterocycles. The molecule has 0 spiro atoms. The average molecular weight is 348 g/mol. The number of fused-ring (bicyclic) bond motifs is 1. The highest BCUT2D eigenvalue weighted by molar-refractivity contribution is 7.10. The van der Waals surface area contributed by atoms with Gasteiger partial charge in [0.1, 0.15) is 18.0 Å². The minimum absolute atomic E-state index is 0.0181. The Kier molecular flexibility index (Phi) is 4.34. The first kappa shape index (κ1) is 16.0. The lowest BCUT2D eigenvalue weighted by Crippen LogP contribution is -2.38. The van der Waals surface area contributed by atoms with E-state index < -0.39 is 0 Å². The molecule has 2 aromatic heterocycles. The molecule has 0 aliphatic carbocycles. The monoisotopic (exact) mass is 348 g/mol. The zero-order valence-electron chi connectivity index (χ0n) is 14.2. The predicted octanol–water partition coefficient (Wildman–Crippen LogP) is 4.00. The topological polar surface area (TPSA) is 49.3 Å². The second-order valence-corrected chi connectivity index (χ2v) is 7.09. The third kappa shape index (κ3) is 3.08. The summed E-state index contributed by atoms with van der Waals surface area (Å²) in [7, 11) is 1.95. The van der Waals surface area contributed by atoms with Crippen molar-refractivity contribution in [1.82, 2.24) is 10.3 Å². The molecule has 2 unspecified atom stereocenters. The molecule has 3 aromatic rings. The van der Waals surface area contributed by atoms with Crippen molar-refractivity contribution < 1.29 is 0 Å². The zero-order chi connectivity index (χ0) is 17.2. The summed E-state index contributed by atoms with van der Waals surface area (Å²) in [6.07, 6.45) is 1.80. The molecule has 126 valence electrons. The van der Waals surface area contributed by atoms with Gasteiger partial charge in [-0.25, -0.2) is 4.98 Å². The largest absolute Gasteiger partial charge is 0.352 e. The van der Waals surface area contributed by atoms with Crippen molar-refractivity contribution in [3.8, 4) is 0 Å². The minimum atomic E-state index is -0.0183. The standard InChI is InChI=1S/C20H20N4S/c1-13-7-9-14(10-8-13)17-15-5-3-11-22-19(15)24-20(21-2)18(23-17)16-6-4-12-25-16/h3-12,18,20-21H,1-2H3,(H,22,24). The number of likely N-dealkylation sites (N-methyl/N-ethyl adjacent to an activating group) is 1. The fraction of sp³-hybridized carbons (Fsp3) is 0.200. The first-order valence-corrected chi connectivity index (χ1v) is 9.21. The number of nitrogens with one attached hydrogen (secondary N) is 2. The third-order valence-corrected chi connectivity index (χ3v) is 5.35. The highest BCUT2D eigenvalue weighted by Gasteiger charge is 2.28. The van der Waals surface area contributed by atoms with Crippen LogP contribution in [0.15, 0.2) is 65.1 Å². The summed E-state index contributed by atoms with van der Waals surface area (Å²) in [4.78, 5) is 11.0. The molecular weight excluding hydrogens is 328 g/mol. The summed E-state index contributed by atoms with van der Waals surface area (Å²) < 4.78 is 0. The van der Waals surface area contributed by atoms with Gasteiger partial charge >= 0.3 is 0 Å². The van der Waals surface area contributed by atoms with Gasteiger partial charge < -0.3 is 5.32 Å². The number of benzene rings is 1. The van der Waals surface area contributed by atoms with Gasteiger partial charge in [-0.15, -0.1) is 11.3 Å². The van der Waals surface area contributed by atoms with Gasteiger partial charge in [-0.1, -0.05) is 35.9 Å². The summed E-state index contributed by atoms with van der Waals surface area (Å²) in [6, 6.07) is 16.8. The third-order valence-electron chi connectivity index (χ3n) is 4.41. The molecule has 3 heterocycles. The van der Waals surface area contributed by atoms with Gasteiger partial charge in [-0.2, -0.15) is 0 Å². The Morgan fingerprint density at radius 2 is 1.92 bits per heavy atom. The van der Waals surface area contributed by atoms with Crippen LogP contribution in [0.5, 0.6) is 0 Å². The number of nitrogens with zero attached hydrogens (tertiary/aromatic N) is 2. The van der Waals surface area contributed by atoms with Crippen LogP contribution in [0.2, 0.25) is 0 Å². The maximum absolute atomic E-state index is 5.17. The molecule has 2 N–H and O–H groups in total. The normalized spacial score (nSPS) is 19.5. The molecule has 5 heteroatoms. The van der Waals surface area contributed by atoms with Crippen LogP contribution in [0.1, 0.15) is 27.6 Å². The van der Waals surface area contributed by atoms with E-state index in [4.69, 9.17) is 4.99 Å². The summed E-state index contributed by atoms with van der Waals surface area (Å²) in [5.74, 6) is 0.861. The SMILES string of the molecule is CNC1Nc2ncccc2C(c2ccc(C)cc2)=NC1c1cccs1. The Balaban J connectivity index is 1.91. The van der Waals surface area contributed by atoms with E-state index in [1.165, 1.54) is 10.4 Å². The van der Waals surface area contributed by atoms with Crippen LogP contribution < -0.4 is 10.6 Å². The molecule has 0 saturated heterocycles. The smallest absolute Gasteiger partial charge is 0.136 e. The Morgan fingerprint density at radius 1 is 1.08 bits per heavy atom. The van der Waals surface area contributed by atoms with Crippen LogP contribution in [0.3, 0.4) is 0 Å². The Morgan fingerprint density at radius 3 is 2.64 bits per heavy atom. The summed E-state index contributed by atoms with van der Waals surface area (Å²) in [5, 5.41) is 8.98. The minimum Gasteiger partial charge on any atom is -0.352 e. The Hall–Kier alpha value is -2.50. The second kappa shape index (κ2) is 6.78. The van der Waals surface area contributed by atoms with Crippen LogP contribution in [-0.4, -0.2) is 23.9 Å². The van der Waals surface area contributed by atoms with E-state index in [0.29, 0.717) is 0 Å². The first-order chi connectivity index (χ1) is 12.3. The predicted molar refractivity (Wildman–Crippen MR) is 105 cm³/mol.